The summed E-state index contributed by atoms with van der Waals surface area (Å²) >= 11 is 3.45. The zero-order valence-corrected chi connectivity index (χ0v) is 13.4. The van der Waals surface area contributed by atoms with Gasteiger partial charge >= 0.3 is 0 Å². The van der Waals surface area contributed by atoms with Crippen molar-refractivity contribution in [2.45, 2.75) is 32.2 Å². The zero-order valence-electron chi connectivity index (χ0n) is 11.8. The lowest BCUT2D eigenvalue weighted by Gasteiger charge is -2.27. The van der Waals surface area contributed by atoms with Gasteiger partial charge in [-0.15, -0.1) is 0 Å². The highest BCUT2D eigenvalue weighted by Gasteiger charge is 2.38. The first kappa shape index (κ1) is 14.1. The number of fused-ring (bicyclic) bond motifs is 1. The lowest BCUT2D eigenvalue weighted by atomic mass is 9.79. The molecular weight excluding hydrogens is 316 g/mol. The molecule has 1 heterocycles. The molecular formula is C16H21BrN2O. The third-order valence-corrected chi connectivity index (χ3v) is 5.30. The first-order chi connectivity index (χ1) is 9.54. The number of halogens is 1. The van der Waals surface area contributed by atoms with E-state index in [-0.39, 0.29) is 5.91 Å². The Hall–Kier alpha value is -0.870. The fraction of sp³-hybridized carbons (Fsp3) is 0.562. The number of aryl methyl sites for hydroxylation is 1. The molecule has 1 amide bonds. The molecule has 20 heavy (non-hydrogen) atoms. The number of carbonyl (C=O) groups excluding carboxylic acids is 1. The molecule has 4 heteroatoms. The number of benzene rings is 1. The maximum atomic E-state index is 12.7. The lowest BCUT2D eigenvalue weighted by Crippen LogP contribution is -2.32. The number of hydrogen-bond donors (Lipinski definition) is 1. The van der Waals surface area contributed by atoms with Crippen LogP contribution in [-0.4, -0.2) is 29.9 Å². The molecule has 1 aliphatic carbocycles. The standard InChI is InChI=1S/C16H21BrN2O/c1-10-2-4-13(17)7-15(10)16(20)19-8-11-3-5-14(18)6-12(11)9-19/h2,4,7,11-12,14H,3,5-6,8-9,18H2,1H3/t11-,12+,14?/m1/s1. The maximum absolute atomic E-state index is 12.7. The van der Waals surface area contributed by atoms with E-state index in [1.807, 2.05) is 30.0 Å². The quantitative estimate of drug-likeness (QED) is 0.856. The van der Waals surface area contributed by atoms with Crippen molar-refractivity contribution in [2.75, 3.05) is 13.1 Å². The molecule has 1 saturated heterocycles. The Morgan fingerprint density at radius 3 is 2.85 bits per heavy atom. The zero-order chi connectivity index (χ0) is 14.3. The molecule has 0 spiro atoms. The molecule has 0 bridgehead atoms. The largest absolute Gasteiger partial charge is 0.338 e. The highest BCUT2D eigenvalue weighted by atomic mass is 79.9. The van der Waals surface area contributed by atoms with Crippen molar-refractivity contribution in [3.05, 3.63) is 33.8 Å². The van der Waals surface area contributed by atoms with E-state index >= 15 is 0 Å². The van der Waals surface area contributed by atoms with E-state index in [0.717, 1.165) is 41.5 Å². The van der Waals surface area contributed by atoms with Crippen molar-refractivity contribution in [3.8, 4) is 0 Å². The summed E-state index contributed by atoms with van der Waals surface area (Å²) in [7, 11) is 0. The third-order valence-electron chi connectivity index (χ3n) is 4.81. The van der Waals surface area contributed by atoms with Gasteiger partial charge in [-0.25, -0.2) is 0 Å². The van der Waals surface area contributed by atoms with Gasteiger partial charge in [-0.1, -0.05) is 22.0 Å². The van der Waals surface area contributed by atoms with Crippen LogP contribution in [0.2, 0.25) is 0 Å². The van der Waals surface area contributed by atoms with Crippen molar-refractivity contribution >= 4 is 21.8 Å². The Labute approximate surface area is 128 Å². The van der Waals surface area contributed by atoms with Crippen molar-refractivity contribution < 1.29 is 4.79 Å². The molecule has 1 aromatic carbocycles. The second-order valence-corrected chi connectivity index (χ2v) is 7.18. The molecule has 1 saturated carbocycles. The molecule has 3 atom stereocenters. The smallest absolute Gasteiger partial charge is 0.254 e. The van der Waals surface area contributed by atoms with E-state index < -0.39 is 0 Å². The SMILES string of the molecule is Cc1ccc(Br)cc1C(=O)N1C[C@H]2CCC(N)C[C@H]2C1. The van der Waals surface area contributed by atoms with Crippen LogP contribution in [0.1, 0.15) is 35.2 Å². The van der Waals surface area contributed by atoms with Gasteiger partial charge in [0, 0.05) is 29.2 Å². The Morgan fingerprint density at radius 2 is 2.05 bits per heavy atom. The Kier molecular flexibility index (Phi) is 3.87. The summed E-state index contributed by atoms with van der Waals surface area (Å²) in [5.41, 5.74) is 7.93. The Balaban J connectivity index is 1.77. The lowest BCUT2D eigenvalue weighted by molar-refractivity contribution is 0.0783. The van der Waals surface area contributed by atoms with Gasteiger partial charge in [0.2, 0.25) is 0 Å². The summed E-state index contributed by atoms with van der Waals surface area (Å²) in [5.74, 6) is 1.44. The van der Waals surface area contributed by atoms with Crippen LogP contribution < -0.4 is 5.73 Å². The second-order valence-electron chi connectivity index (χ2n) is 6.26. The molecule has 108 valence electrons. The van der Waals surface area contributed by atoms with Crippen molar-refractivity contribution in [1.82, 2.24) is 4.90 Å². The van der Waals surface area contributed by atoms with Crippen LogP contribution in [0.5, 0.6) is 0 Å². The van der Waals surface area contributed by atoms with E-state index in [1.54, 1.807) is 0 Å². The molecule has 2 aliphatic rings. The van der Waals surface area contributed by atoms with Crippen molar-refractivity contribution in [2.24, 2.45) is 17.6 Å². The minimum Gasteiger partial charge on any atom is -0.338 e. The number of nitrogens with two attached hydrogens (primary N) is 1. The number of likely N-dealkylation sites (tertiary alicyclic amines) is 1. The van der Waals surface area contributed by atoms with Crippen LogP contribution in [0.4, 0.5) is 0 Å². The van der Waals surface area contributed by atoms with Gasteiger partial charge in [0.05, 0.1) is 0 Å². The first-order valence-corrected chi connectivity index (χ1v) is 8.15. The van der Waals surface area contributed by atoms with E-state index in [2.05, 4.69) is 15.9 Å². The van der Waals surface area contributed by atoms with Gasteiger partial charge in [-0.05, 0) is 55.7 Å². The fourth-order valence-corrected chi connectivity index (χ4v) is 3.99. The summed E-state index contributed by atoms with van der Waals surface area (Å²) in [6.07, 6.45) is 3.36. The molecule has 1 aliphatic heterocycles. The Morgan fingerprint density at radius 1 is 1.30 bits per heavy atom. The monoisotopic (exact) mass is 336 g/mol. The van der Waals surface area contributed by atoms with Crippen LogP contribution in [0.15, 0.2) is 22.7 Å². The van der Waals surface area contributed by atoms with Gasteiger partial charge in [-0.3, -0.25) is 4.79 Å². The summed E-state index contributed by atoms with van der Waals surface area (Å²) in [4.78, 5) is 14.7. The van der Waals surface area contributed by atoms with Crippen LogP contribution in [0.3, 0.4) is 0 Å². The van der Waals surface area contributed by atoms with E-state index in [1.165, 1.54) is 6.42 Å². The first-order valence-electron chi connectivity index (χ1n) is 7.35. The highest BCUT2D eigenvalue weighted by molar-refractivity contribution is 9.10. The van der Waals surface area contributed by atoms with Gasteiger partial charge < -0.3 is 10.6 Å². The molecule has 2 N–H and O–H groups in total. The number of hydrogen-bond acceptors (Lipinski definition) is 2. The summed E-state index contributed by atoms with van der Waals surface area (Å²) in [5, 5.41) is 0. The number of amides is 1. The maximum Gasteiger partial charge on any atom is 0.254 e. The average molecular weight is 337 g/mol. The molecule has 0 aromatic heterocycles. The van der Waals surface area contributed by atoms with E-state index in [9.17, 15) is 4.79 Å². The molecule has 2 fully saturated rings. The molecule has 0 radical (unpaired) electrons. The summed E-state index contributed by atoms with van der Waals surface area (Å²) in [6.45, 7) is 3.78. The van der Waals surface area contributed by atoms with Crippen LogP contribution in [0.25, 0.3) is 0 Å². The minimum absolute atomic E-state index is 0.173. The highest BCUT2D eigenvalue weighted by Crippen LogP contribution is 2.36. The van der Waals surface area contributed by atoms with Crippen LogP contribution >= 0.6 is 15.9 Å². The average Bonchev–Trinajstić information content (AvgIpc) is 2.83. The van der Waals surface area contributed by atoms with Gasteiger partial charge in [0.1, 0.15) is 0 Å². The second kappa shape index (κ2) is 5.49. The van der Waals surface area contributed by atoms with Gasteiger partial charge in [-0.2, -0.15) is 0 Å². The van der Waals surface area contributed by atoms with Crippen LogP contribution in [-0.2, 0) is 0 Å². The van der Waals surface area contributed by atoms with Gasteiger partial charge in [0.25, 0.3) is 5.91 Å². The normalized spacial score (nSPS) is 29.4. The predicted octanol–water partition coefficient (Wildman–Crippen LogP) is 2.96. The Bertz CT molecular complexity index is 531. The number of carbonyl (C=O) groups is 1. The topological polar surface area (TPSA) is 46.3 Å². The third kappa shape index (κ3) is 2.63. The number of nitrogens with zero attached hydrogens (tertiary/aromatic N) is 1. The minimum atomic E-state index is 0.173. The van der Waals surface area contributed by atoms with E-state index in [4.69, 9.17) is 5.73 Å². The number of rotatable bonds is 1. The molecule has 1 unspecified atom stereocenters. The fourth-order valence-electron chi connectivity index (χ4n) is 3.63. The summed E-state index contributed by atoms with van der Waals surface area (Å²) < 4.78 is 0.963. The van der Waals surface area contributed by atoms with E-state index in [0.29, 0.717) is 17.9 Å². The molecule has 3 nitrogen and oxygen atoms in total. The van der Waals surface area contributed by atoms with Gasteiger partial charge in [0.15, 0.2) is 0 Å². The molecule has 1 aromatic rings. The summed E-state index contributed by atoms with van der Waals surface area (Å²) in [6, 6.07) is 6.25. The molecule has 3 rings (SSSR count). The van der Waals surface area contributed by atoms with Crippen LogP contribution in [0, 0.1) is 18.8 Å². The predicted molar refractivity (Wildman–Crippen MR) is 83.6 cm³/mol. The van der Waals surface area contributed by atoms with Crippen molar-refractivity contribution in [1.29, 1.82) is 0 Å². The van der Waals surface area contributed by atoms with Crippen molar-refractivity contribution in [3.63, 3.8) is 0 Å².